The van der Waals surface area contributed by atoms with Crippen molar-refractivity contribution in [2.24, 2.45) is 0 Å². The molecule has 0 saturated carbocycles. The van der Waals surface area contributed by atoms with E-state index in [9.17, 15) is 4.79 Å². The van der Waals surface area contributed by atoms with Crippen molar-refractivity contribution in [1.82, 2.24) is 4.90 Å². The van der Waals surface area contributed by atoms with Crippen LogP contribution in [-0.4, -0.2) is 17.4 Å². The molecule has 1 unspecified atom stereocenters. The monoisotopic (exact) mass is 127 g/mol. The molecule has 0 N–H and O–H groups in total. The Balaban J connectivity index is 3.77. The van der Waals surface area contributed by atoms with Crippen molar-refractivity contribution in [3.63, 3.8) is 0 Å². The van der Waals surface area contributed by atoms with Crippen molar-refractivity contribution in [2.75, 3.05) is 0 Å². The van der Waals surface area contributed by atoms with Crippen LogP contribution in [0.1, 0.15) is 20.3 Å². The minimum Gasteiger partial charge on any atom is -0.319 e. The molecule has 1 amide bonds. The van der Waals surface area contributed by atoms with Gasteiger partial charge >= 0.3 is 0 Å². The minimum atomic E-state index is 0.278. The molecule has 0 heterocycles. The molecular formula is C7H13NO. The summed E-state index contributed by atoms with van der Waals surface area (Å²) in [5.41, 5.74) is 0. The second-order valence-electron chi connectivity index (χ2n) is 1.99. The zero-order valence-electron chi connectivity index (χ0n) is 6.00. The summed E-state index contributed by atoms with van der Waals surface area (Å²) >= 11 is 0. The van der Waals surface area contributed by atoms with Crippen LogP contribution in [0.3, 0.4) is 0 Å². The first kappa shape index (κ1) is 8.21. The van der Waals surface area contributed by atoms with Gasteiger partial charge in [0.15, 0.2) is 0 Å². The molecule has 0 rings (SSSR count). The van der Waals surface area contributed by atoms with Gasteiger partial charge in [-0.2, -0.15) is 0 Å². The van der Waals surface area contributed by atoms with E-state index in [0.29, 0.717) is 0 Å². The summed E-state index contributed by atoms with van der Waals surface area (Å²) in [5, 5.41) is 0. The number of hydrogen-bond acceptors (Lipinski definition) is 1. The first-order valence-corrected chi connectivity index (χ1v) is 3.11. The molecule has 0 radical (unpaired) electrons. The van der Waals surface area contributed by atoms with E-state index in [2.05, 4.69) is 6.58 Å². The molecule has 0 saturated heterocycles. The molecule has 0 bridgehead atoms. The third-order valence-electron chi connectivity index (χ3n) is 1.43. The fraction of sp³-hybridized carbons (Fsp3) is 0.571. The number of carbonyl (C=O) groups is 1. The highest BCUT2D eigenvalue weighted by Crippen LogP contribution is 1.98. The highest BCUT2D eigenvalue weighted by atomic mass is 16.1. The Labute approximate surface area is 56.2 Å². The van der Waals surface area contributed by atoms with Gasteiger partial charge in [-0.1, -0.05) is 13.5 Å². The topological polar surface area (TPSA) is 20.3 Å². The van der Waals surface area contributed by atoms with Crippen LogP contribution in [0.25, 0.3) is 0 Å². The van der Waals surface area contributed by atoms with Gasteiger partial charge < -0.3 is 4.90 Å². The average Bonchev–Trinajstić information content (AvgIpc) is 1.90. The number of amides is 1. The van der Waals surface area contributed by atoms with Crippen LogP contribution in [0, 0.1) is 0 Å². The summed E-state index contributed by atoms with van der Waals surface area (Å²) < 4.78 is 0. The van der Waals surface area contributed by atoms with E-state index in [1.165, 1.54) is 0 Å². The van der Waals surface area contributed by atoms with E-state index in [0.717, 1.165) is 12.8 Å². The lowest BCUT2D eigenvalue weighted by atomic mass is 10.2. The average molecular weight is 127 g/mol. The second kappa shape index (κ2) is 4.13. The molecule has 0 spiro atoms. The predicted octanol–water partition coefficient (Wildman–Crippen LogP) is 1.39. The molecule has 2 heteroatoms. The molecule has 0 aliphatic heterocycles. The Morgan fingerprint density at radius 1 is 1.78 bits per heavy atom. The van der Waals surface area contributed by atoms with Crippen LogP contribution in [0.4, 0.5) is 0 Å². The van der Waals surface area contributed by atoms with Crippen molar-refractivity contribution in [1.29, 1.82) is 0 Å². The van der Waals surface area contributed by atoms with Gasteiger partial charge in [0.05, 0.1) is 0 Å². The standard InChI is InChI=1S/C7H13NO/c1-4-7(3)8(5-2)6-9/h5-7H,2,4H2,1,3H3. The Morgan fingerprint density at radius 2 is 2.33 bits per heavy atom. The zero-order chi connectivity index (χ0) is 7.28. The minimum absolute atomic E-state index is 0.278. The lowest BCUT2D eigenvalue weighted by molar-refractivity contribution is -0.117. The normalized spacial score (nSPS) is 12.2. The molecule has 2 nitrogen and oxygen atoms in total. The first-order valence-electron chi connectivity index (χ1n) is 3.11. The van der Waals surface area contributed by atoms with Gasteiger partial charge in [0.25, 0.3) is 0 Å². The van der Waals surface area contributed by atoms with E-state index in [-0.39, 0.29) is 6.04 Å². The SMILES string of the molecule is C=CN(C=O)C(C)CC. The van der Waals surface area contributed by atoms with Gasteiger partial charge in [0, 0.05) is 6.04 Å². The van der Waals surface area contributed by atoms with Gasteiger partial charge in [0.2, 0.25) is 6.41 Å². The molecule has 0 aromatic rings. The third kappa shape index (κ3) is 2.31. The van der Waals surface area contributed by atoms with Gasteiger partial charge in [-0.05, 0) is 19.5 Å². The number of carbonyl (C=O) groups excluding carboxylic acids is 1. The highest BCUT2D eigenvalue weighted by Gasteiger charge is 2.02. The number of nitrogens with zero attached hydrogens (tertiary/aromatic N) is 1. The number of rotatable bonds is 4. The summed E-state index contributed by atoms with van der Waals surface area (Å²) in [4.78, 5) is 11.7. The van der Waals surface area contributed by atoms with Crippen molar-refractivity contribution in [3.8, 4) is 0 Å². The van der Waals surface area contributed by atoms with Crippen molar-refractivity contribution < 1.29 is 4.79 Å². The van der Waals surface area contributed by atoms with E-state index >= 15 is 0 Å². The van der Waals surface area contributed by atoms with Crippen LogP contribution in [0.2, 0.25) is 0 Å². The lowest BCUT2D eigenvalue weighted by Gasteiger charge is -2.18. The van der Waals surface area contributed by atoms with Crippen molar-refractivity contribution in [2.45, 2.75) is 26.3 Å². The smallest absolute Gasteiger partial charge is 0.213 e. The van der Waals surface area contributed by atoms with Gasteiger partial charge in [-0.3, -0.25) is 4.79 Å². The number of hydrogen-bond donors (Lipinski definition) is 0. The maximum absolute atomic E-state index is 10.2. The Kier molecular flexibility index (Phi) is 3.76. The maximum atomic E-state index is 10.2. The molecule has 1 atom stereocenters. The summed E-state index contributed by atoms with van der Waals surface area (Å²) in [5.74, 6) is 0. The molecule has 0 fully saturated rings. The molecule has 9 heavy (non-hydrogen) atoms. The summed E-state index contributed by atoms with van der Waals surface area (Å²) in [6, 6.07) is 0.278. The van der Waals surface area contributed by atoms with E-state index in [1.807, 2.05) is 13.8 Å². The van der Waals surface area contributed by atoms with Gasteiger partial charge in [-0.15, -0.1) is 0 Å². The molecule has 0 aromatic heterocycles. The third-order valence-corrected chi connectivity index (χ3v) is 1.43. The molecule has 0 aromatic carbocycles. The Hall–Kier alpha value is -0.790. The summed E-state index contributed by atoms with van der Waals surface area (Å²) in [6.45, 7) is 7.51. The van der Waals surface area contributed by atoms with Crippen LogP contribution < -0.4 is 0 Å². The fourth-order valence-corrected chi connectivity index (χ4v) is 0.538. The van der Waals surface area contributed by atoms with Gasteiger partial charge in [0.1, 0.15) is 0 Å². The quantitative estimate of drug-likeness (QED) is 0.522. The predicted molar refractivity (Wildman–Crippen MR) is 37.9 cm³/mol. The maximum Gasteiger partial charge on any atom is 0.213 e. The summed E-state index contributed by atoms with van der Waals surface area (Å²) in [6.07, 6.45) is 3.30. The fourth-order valence-electron chi connectivity index (χ4n) is 0.538. The van der Waals surface area contributed by atoms with Crippen LogP contribution in [0.5, 0.6) is 0 Å². The van der Waals surface area contributed by atoms with E-state index < -0.39 is 0 Å². The first-order chi connectivity index (χ1) is 4.26. The molecule has 0 aliphatic rings. The van der Waals surface area contributed by atoms with Crippen molar-refractivity contribution in [3.05, 3.63) is 12.8 Å². The van der Waals surface area contributed by atoms with Crippen LogP contribution in [0.15, 0.2) is 12.8 Å². The second-order valence-corrected chi connectivity index (χ2v) is 1.99. The Bertz CT molecular complexity index is 93.1. The van der Waals surface area contributed by atoms with Crippen LogP contribution >= 0.6 is 0 Å². The molecule has 0 aliphatic carbocycles. The lowest BCUT2D eigenvalue weighted by Crippen LogP contribution is -2.25. The van der Waals surface area contributed by atoms with E-state index in [1.54, 1.807) is 11.1 Å². The van der Waals surface area contributed by atoms with Crippen LogP contribution in [-0.2, 0) is 4.79 Å². The van der Waals surface area contributed by atoms with Gasteiger partial charge in [-0.25, -0.2) is 0 Å². The summed E-state index contributed by atoms with van der Waals surface area (Å²) in [7, 11) is 0. The molecule has 52 valence electrons. The molecular weight excluding hydrogens is 114 g/mol. The largest absolute Gasteiger partial charge is 0.319 e. The van der Waals surface area contributed by atoms with Crippen molar-refractivity contribution >= 4 is 6.41 Å². The van der Waals surface area contributed by atoms with E-state index in [4.69, 9.17) is 0 Å². The highest BCUT2D eigenvalue weighted by molar-refractivity contribution is 5.49. The Morgan fingerprint density at radius 3 is 2.44 bits per heavy atom. The zero-order valence-corrected chi connectivity index (χ0v) is 6.00.